The Morgan fingerprint density at radius 3 is 2.76 bits per heavy atom. The van der Waals surface area contributed by atoms with E-state index < -0.39 is 0 Å². The summed E-state index contributed by atoms with van der Waals surface area (Å²) in [5, 5.41) is 9.75. The summed E-state index contributed by atoms with van der Waals surface area (Å²) in [6, 6.07) is 15.0. The molecule has 0 saturated carbocycles. The molecule has 2 aromatic carbocycles. The Morgan fingerprint density at radius 1 is 1.29 bits per heavy atom. The third-order valence-electron chi connectivity index (χ3n) is 3.59. The molecule has 1 atom stereocenters. The molecular formula is C16H13ClN4. The molecule has 0 aliphatic heterocycles. The second-order valence-corrected chi connectivity index (χ2v) is 5.26. The quantitative estimate of drug-likeness (QED) is 0.783. The SMILES string of the molecule is CC(c1ccccc1Cl)n1c(N)nc2ccc(C#N)cc21. The van der Waals surface area contributed by atoms with Crippen LogP contribution in [0, 0.1) is 11.3 Å². The van der Waals surface area contributed by atoms with E-state index >= 15 is 0 Å². The summed E-state index contributed by atoms with van der Waals surface area (Å²) in [7, 11) is 0. The van der Waals surface area contributed by atoms with Gasteiger partial charge in [0.2, 0.25) is 5.95 Å². The van der Waals surface area contributed by atoms with Gasteiger partial charge < -0.3 is 10.3 Å². The number of nitrogens with zero attached hydrogens (tertiary/aromatic N) is 3. The van der Waals surface area contributed by atoms with Gasteiger partial charge in [-0.05, 0) is 36.8 Å². The summed E-state index contributed by atoms with van der Waals surface area (Å²) < 4.78 is 1.90. The highest BCUT2D eigenvalue weighted by molar-refractivity contribution is 6.31. The van der Waals surface area contributed by atoms with Crippen molar-refractivity contribution >= 4 is 28.6 Å². The Morgan fingerprint density at radius 2 is 2.05 bits per heavy atom. The van der Waals surface area contributed by atoms with Crippen LogP contribution < -0.4 is 5.73 Å². The molecule has 1 heterocycles. The van der Waals surface area contributed by atoms with Crippen LogP contribution in [0.25, 0.3) is 11.0 Å². The standard InChI is InChI=1S/C16H13ClN4/c1-10(12-4-2-3-5-13(12)17)21-15-8-11(9-18)6-7-14(15)20-16(21)19/h2-8,10H,1H3,(H2,19,20). The van der Waals surface area contributed by atoms with Crippen LogP contribution in [0.5, 0.6) is 0 Å². The number of hydrogen-bond donors (Lipinski definition) is 1. The molecule has 5 heteroatoms. The first-order chi connectivity index (χ1) is 10.1. The third-order valence-corrected chi connectivity index (χ3v) is 3.93. The average molecular weight is 297 g/mol. The largest absolute Gasteiger partial charge is 0.369 e. The van der Waals surface area contributed by atoms with Crippen LogP contribution in [0.3, 0.4) is 0 Å². The summed E-state index contributed by atoms with van der Waals surface area (Å²) in [6.07, 6.45) is 0. The smallest absolute Gasteiger partial charge is 0.201 e. The van der Waals surface area contributed by atoms with Gasteiger partial charge in [-0.3, -0.25) is 0 Å². The maximum atomic E-state index is 9.06. The molecule has 3 aromatic rings. The van der Waals surface area contributed by atoms with Crippen molar-refractivity contribution in [3.63, 3.8) is 0 Å². The van der Waals surface area contributed by atoms with E-state index in [4.69, 9.17) is 22.6 Å². The minimum atomic E-state index is -0.0716. The van der Waals surface area contributed by atoms with Crippen molar-refractivity contribution in [1.82, 2.24) is 9.55 Å². The summed E-state index contributed by atoms with van der Waals surface area (Å²) >= 11 is 6.27. The van der Waals surface area contributed by atoms with Gasteiger partial charge in [0.1, 0.15) is 0 Å². The second kappa shape index (κ2) is 5.12. The minimum Gasteiger partial charge on any atom is -0.369 e. The highest BCUT2D eigenvalue weighted by atomic mass is 35.5. The predicted octanol–water partition coefficient (Wildman–Crippen LogP) is 3.75. The molecule has 0 aliphatic rings. The molecule has 0 saturated heterocycles. The molecule has 104 valence electrons. The van der Waals surface area contributed by atoms with Crippen molar-refractivity contribution in [2.24, 2.45) is 0 Å². The number of nitriles is 1. The van der Waals surface area contributed by atoms with Gasteiger partial charge in [0.15, 0.2) is 0 Å². The Hall–Kier alpha value is -2.51. The summed E-state index contributed by atoms with van der Waals surface area (Å²) in [4.78, 5) is 4.35. The third kappa shape index (κ3) is 2.22. The molecule has 0 aliphatic carbocycles. The first kappa shape index (κ1) is 13.5. The van der Waals surface area contributed by atoms with Crippen molar-refractivity contribution in [2.75, 3.05) is 5.73 Å². The van der Waals surface area contributed by atoms with Crippen LogP contribution in [0.1, 0.15) is 24.1 Å². The average Bonchev–Trinajstić information content (AvgIpc) is 2.81. The van der Waals surface area contributed by atoms with E-state index in [-0.39, 0.29) is 6.04 Å². The number of benzene rings is 2. The first-order valence-electron chi connectivity index (χ1n) is 6.54. The van der Waals surface area contributed by atoms with Gasteiger partial charge in [-0.25, -0.2) is 4.98 Å². The Bertz CT molecular complexity index is 860. The van der Waals surface area contributed by atoms with Gasteiger partial charge in [-0.2, -0.15) is 5.26 Å². The summed E-state index contributed by atoms with van der Waals surface area (Å²) in [6.45, 7) is 2.01. The first-order valence-corrected chi connectivity index (χ1v) is 6.91. The van der Waals surface area contributed by atoms with Crippen molar-refractivity contribution in [2.45, 2.75) is 13.0 Å². The van der Waals surface area contributed by atoms with Crippen LogP contribution in [0.2, 0.25) is 5.02 Å². The molecular weight excluding hydrogens is 284 g/mol. The lowest BCUT2D eigenvalue weighted by Crippen LogP contribution is -2.10. The van der Waals surface area contributed by atoms with E-state index in [0.29, 0.717) is 16.5 Å². The lowest BCUT2D eigenvalue weighted by Gasteiger charge is -2.17. The molecule has 2 N–H and O–H groups in total. The highest BCUT2D eigenvalue weighted by Gasteiger charge is 2.17. The summed E-state index contributed by atoms with van der Waals surface area (Å²) in [5.74, 6) is 0.410. The topological polar surface area (TPSA) is 67.6 Å². The fourth-order valence-electron chi connectivity index (χ4n) is 2.54. The van der Waals surface area contributed by atoms with E-state index in [2.05, 4.69) is 11.1 Å². The van der Waals surface area contributed by atoms with E-state index in [1.807, 2.05) is 35.8 Å². The van der Waals surface area contributed by atoms with Crippen LogP contribution in [0.4, 0.5) is 5.95 Å². The van der Waals surface area contributed by atoms with Crippen molar-refractivity contribution in [3.8, 4) is 6.07 Å². The van der Waals surface area contributed by atoms with Crippen LogP contribution in [0.15, 0.2) is 42.5 Å². The Labute approximate surface area is 127 Å². The van der Waals surface area contributed by atoms with Gasteiger partial charge in [0, 0.05) is 5.02 Å². The number of aromatic nitrogens is 2. The van der Waals surface area contributed by atoms with Gasteiger partial charge in [0.25, 0.3) is 0 Å². The number of nitrogen functional groups attached to an aromatic ring is 1. The van der Waals surface area contributed by atoms with Crippen LogP contribution in [-0.4, -0.2) is 9.55 Å². The molecule has 0 amide bonds. The maximum absolute atomic E-state index is 9.06. The van der Waals surface area contributed by atoms with Gasteiger partial charge in [0.05, 0.1) is 28.7 Å². The van der Waals surface area contributed by atoms with E-state index in [0.717, 1.165) is 16.6 Å². The number of anilines is 1. The van der Waals surface area contributed by atoms with Crippen molar-refractivity contribution in [1.29, 1.82) is 5.26 Å². The Balaban J connectivity index is 2.22. The number of halogens is 1. The lowest BCUT2D eigenvalue weighted by atomic mass is 10.1. The highest BCUT2D eigenvalue weighted by Crippen LogP contribution is 2.31. The summed E-state index contributed by atoms with van der Waals surface area (Å²) in [5.41, 5.74) is 9.20. The zero-order valence-corrected chi connectivity index (χ0v) is 12.2. The molecule has 4 nitrogen and oxygen atoms in total. The molecule has 0 bridgehead atoms. The number of hydrogen-bond acceptors (Lipinski definition) is 3. The maximum Gasteiger partial charge on any atom is 0.201 e. The van der Waals surface area contributed by atoms with E-state index in [1.165, 1.54) is 0 Å². The van der Waals surface area contributed by atoms with Crippen LogP contribution in [-0.2, 0) is 0 Å². The fraction of sp³-hybridized carbons (Fsp3) is 0.125. The van der Waals surface area contributed by atoms with Crippen LogP contribution >= 0.6 is 11.6 Å². The predicted molar refractivity (Wildman–Crippen MR) is 84.1 cm³/mol. The fourth-order valence-corrected chi connectivity index (χ4v) is 2.83. The normalized spacial score (nSPS) is 12.2. The number of imidazole rings is 1. The van der Waals surface area contributed by atoms with Crippen molar-refractivity contribution in [3.05, 3.63) is 58.6 Å². The van der Waals surface area contributed by atoms with E-state index in [9.17, 15) is 0 Å². The number of rotatable bonds is 2. The second-order valence-electron chi connectivity index (χ2n) is 4.85. The molecule has 0 fully saturated rings. The molecule has 21 heavy (non-hydrogen) atoms. The number of nitrogens with two attached hydrogens (primary N) is 1. The number of fused-ring (bicyclic) bond motifs is 1. The Kier molecular flexibility index (Phi) is 3.28. The van der Waals surface area contributed by atoms with Gasteiger partial charge >= 0.3 is 0 Å². The van der Waals surface area contributed by atoms with Gasteiger partial charge in [-0.1, -0.05) is 29.8 Å². The zero-order valence-electron chi connectivity index (χ0n) is 11.4. The van der Waals surface area contributed by atoms with Gasteiger partial charge in [-0.15, -0.1) is 0 Å². The molecule has 3 rings (SSSR count). The molecule has 0 radical (unpaired) electrons. The molecule has 1 unspecified atom stereocenters. The molecule has 0 spiro atoms. The lowest BCUT2D eigenvalue weighted by molar-refractivity contribution is 0.668. The minimum absolute atomic E-state index is 0.0716. The van der Waals surface area contributed by atoms with Crippen molar-refractivity contribution < 1.29 is 0 Å². The monoisotopic (exact) mass is 296 g/mol. The zero-order chi connectivity index (χ0) is 15.0. The van der Waals surface area contributed by atoms with E-state index in [1.54, 1.807) is 18.2 Å². The molecule has 1 aromatic heterocycles.